The fourth-order valence-electron chi connectivity index (χ4n) is 2.22. The monoisotopic (exact) mass is 294 g/mol. The van der Waals surface area contributed by atoms with E-state index in [-0.39, 0.29) is 0 Å². The highest BCUT2D eigenvalue weighted by molar-refractivity contribution is 7.89. The van der Waals surface area contributed by atoms with Gasteiger partial charge in [0.05, 0.1) is 4.90 Å². The summed E-state index contributed by atoms with van der Waals surface area (Å²) in [5.41, 5.74) is 1.13. The summed E-state index contributed by atoms with van der Waals surface area (Å²) in [7, 11) is -3.33. The number of rotatable bonds is 8. The lowest BCUT2D eigenvalue weighted by atomic mass is 10.2. The van der Waals surface area contributed by atoms with Crippen molar-refractivity contribution in [3.05, 3.63) is 29.8 Å². The van der Waals surface area contributed by atoms with Crippen molar-refractivity contribution in [3.8, 4) is 0 Å². The first-order valence-corrected chi connectivity index (χ1v) is 8.94. The molecule has 0 radical (unpaired) electrons. The first kappa shape index (κ1) is 14.0. The van der Waals surface area contributed by atoms with Gasteiger partial charge in [0.25, 0.3) is 0 Å². The summed E-state index contributed by atoms with van der Waals surface area (Å²) >= 11 is 0. The second-order valence-electron chi connectivity index (χ2n) is 5.93. The van der Waals surface area contributed by atoms with Gasteiger partial charge in [-0.25, -0.2) is 13.1 Å². The first-order chi connectivity index (χ1) is 9.63. The minimum Gasteiger partial charge on any atom is -0.310 e. The molecule has 3 rings (SSSR count). The SMILES string of the molecule is O=S(=O)(NCCC1CC1)c1ccc(CNC2CC2)cc1. The van der Waals surface area contributed by atoms with Gasteiger partial charge in [-0.3, -0.25) is 0 Å². The van der Waals surface area contributed by atoms with Crippen LogP contribution in [0.1, 0.15) is 37.7 Å². The van der Waals surface area contributed by atoms with Crippen LogP contribution in [-0.4, -0.2) is 21.0 Å². The molecular weight excluding hydrogens is 272 g/mol. The Balaban J connectivity index is 1.53. The predicted molar refractivity (Wildman–Crippen MR) is 78.8 cm³/mol. The van der Waals surface area contributed by atoms with Gasteiger partial charge in [-0.2, -0.15) is 0 Å². The van der Waals surface area contributed by atoms with Crippen LogP contribution in [0.5, 0.6) is 0 Å². The standard InChI is InChI=1S/C15H22N2O2S/c18-20(19,17-10-9-12-1-2-12)15-7-3-13(4-8-15)11-16-14-5-6-14/h3-4,7-8,12,14,16-17H,1-2,5-6,9-11H2. The molecule has 2 aliphatic carbocycles. The van der Waals surface area contributed by atoms with Crippen molar-refractivity contribution in [2.45, 2.75) is 49.6 Å². The van der Waals surface area contributed by atoms with E-state index >= 15 is 0 Å². The minimum absolute atomic E-state index is 0.364. The average Bonchev–Trinajstić information content (AvgIpc) is 3.31. The zero-order valence-electron chi connectivity index (χ0n) is 11.6. The molecule has 2 saturated carbocycles. The largest absolute Gasteiger partial charge is 0.310 e. The molecule has 2 fully saturated rings. The normalized spacial score (nSPS) is 19.2. The molecule has 110 valence electrons. The summed E-state index contributed by atoms with van der Waals surface area (Å²) in [4.78, 5) is 0.364. The summed E-state index contributed by atoms with van der Waals surface area (Å²) in [6.45, 7) is 1.37. The quantitative estimate of drug-likeness (QED) is 0.771. The Morgan fingerprint density at radius 3 is 2.35 bits per heavy atom. The number of hydrogen-bond donors (Lipinski definition) is 2. The van der Waals surface area contributed by atoms with Crippen molar-refractivity contribution in [2.75, 3.05) is 6.54 Å². The van der Waals surface area contributed by atoms with Crippen LogP contribution >= 0.6 is 0 Å². The third-order valence-corrected chi connectivity index (χ3v) is 5.42. The molecule has 0 amide bonds. The van der Waals surface area contributed by atoms with Crippen LogP contribution in [0.2, 0.25) is 0 Å². The van der Waals surface area contributed by atoms with Crippen LogP contribution < -0.4 is 10.0 Å². The summed E-state index contributed by atoms with van der Waals surface area (Å²) < 4.78 is 26.9. The van der Waals surface area contributed by atoms with E-state index in [0.29, 0.717) is 17.5 Å². The Labute approximate surface area is 121 Å². The molecule has 0 aromatic heterocycles. The van der Waals surface area contributed by atoms with Gasteiger partial charge in [-0.1, -0.05) is 25.0 Å². The molecule has 4 nitrogen and oxygen atoms in total. The van der Waals surface area contributed by atoms with Crippen LogP contribution in [0.3, 0.4) is 0 Å². The highest BCUT2D eigenvalue weighted by Crippen LogP contribution is 2.31. The number of benzene rings is 1. The third kappa shape index (κ3) is 4.04. The maximum Gasteiger partial charge on any atom is 0.240 e. The van der Waals surface area contributed by atoms with E-state index in [9.17, 15) is 8.42 Å². The lowest BCUT2D eigenvalue weighted by Crippen LogP contribution is -2.25. The zero-order valence-corrected chi connectivity index (χ0v) is 12.5. The maximum absolute atomic E-state index is 12.1. The van der Waals surface area contributed by atoms with Crippen molar-refractivity contribution in [1.29, 1.82) is 0 Å². The second kappa shape index (κ2) is 5.84. The molecule has 0 heterocycles. The minimum atomic E-state index is -3.33. The van der Waals surface area contributed by atoms with Gasteiger partial charge in [-0.05, 0) is 42.9 Å². The summed E-state index contributed by atoms with van der Waals surface area (Å²) in [6, 6.07) is 7.85. The van der Waals surface area contributed by atoms with E-state index in [1.54, 1.807) is 12.1 Å². The summed E-state index contributed by atoms with van der Waals surface area (Å²) in [6.07, 6.45) is 5.99. The van der Waals surface area contributed by atoms with E-state index in [1.165, 1.54) is 25.7 Å². The Kier molecular flexibility index (Phi) is 4.10. The van der Waals surface area contributed by atoms with Crippen molar-refractivity contribution in [1.82, 2.24) is 10.0 Å². The van der Waals surface area contributed by atoms with Gasteiger partial charge in [0.2, 0.25) is 10.0 Å². The molecule has 1 aromatic carbocycles. The summed E-state index contributed by atoms with van der Waals surface area (Å²) in [5.74, 6) is 0.744. The van der Waals surface area contributed by atoms with Crippen molar-refractivity contribution in [2.24, 2.45) is 5.92 Å². The van der Waals surface area contributed by atoms with E-state index in [0.717, 1.165) is 24.4 Å². The zero-order chi connectivity index (χ0) is 14.0. The molecular formula is C15H22N2O2S. The van der Waals surface area contributed by atoms with E-state index in [4.69, 9.17) is 0 Å². The van der Waals surface area contributed by atoms with Crippen LogP contribution in [0.4, 0.5) is 0 Å². The first-order valence-electron chi connectivity index (χ1n) is 7.45. The molecule has 2 N–H and O–H groups in total. The Hall–Kier alpha value is -0.910. The second-order valence-corrected chi connectivity index (χ2v) is 7.70. The van der Waals surface area contributed by atoms with E-state index < -0.39 is 10.0 Å². The summed E-state index contributed by atoms with van der Waals surface area (Å²) in [5, 5.41) is 3.42. The molecule has 0 atom stereocenters. The maximum atomic E-state index is 12.1. The van der Waals surface area contributed by atoms with Gasteiger partial charge < -0.3 is 5.32 Å². The fourth-order valence-corrected chi connectivity index (χ4v) is 3.27. The molecule has 0 unspecified atom stereocenters. The van der Waals surface area contributed by atoms with E-state index in [1.807, 2.05) is 12.1 Å². The van der Waals surface area contributed by atoms with Gasteiger partial charge in [-0.15, -0.1) is 0 Å². The van der Waals surface area contributed by atoms with Crippen LogP contribution in [0, 0.1) is 5.92 Å². The smallest absolute Gasteiger partial charge is 0.240 e. The molecule has 2 aliphatic rings. The Morgan fingerprint density at radius 2 is 1.75 bits per heavy atom. The third-order valence-electron chi connectivity index (χ3n) is 3.95. The highest BCUT2D eigenvalue weighted by Gasteiger charge is 2.22. The molecule has 1 aromatic rings. The molecule has 0 spiro atoms. The van der Waals surface area contributed by atoms with E-state index in [2.05, 4.69) is 10.0 Å². The Bertz CT molecular complexity index is 546. The molecule has 0 saturated heterocycles. The van der Waals surface area contributed by atoms with Gasteiger partial charge >= 0.3 is 0 Å². The highest BCUT2D eigenvalue weighted by atomic mass is 32.2. The van der Waals surface area contributed by atoms with Gasteiger partial charge in [0.1, 0.15) is 0 Å². The number of sulfonamides is 1. The Morgan fingerprint density at radius 1 is 1.05 bits per heavy atom. The van der Waals surface area contributed by atoms with Gasteiger partial charge in [0, 0.05) is 19.1 Å². The van der Waals surface area contributed by atoms with Gasteiger partial charge in [0.15, 0.2) is 0 Å². The van der Waals surface area contributed by atoms with Crippen LogP contribution in [0.15, 0.2) is 29.2 Å². The fraction of sp³-hybridized carbons (Fsp3) is 0.600. The van der Waals surface area contributed by atoms with Crippen molar-refractivity contribution >= 4 is 10.0 Å². The van der Waals surface area contributed by atoms with Crippen molar-refractivity contribution in [3.63, 3.8) is 0 Å². The molecule has 0 aliphatic heterocycles. The molecule has 20 heavy (non-hydrogen) atoms. The molecule has 5 heteroatoms. The van der Waals surface area contributed by atoms with Crippen molar-refractivity contribution < 1.29 is 8.42 Å². The topological polar surface area (TPSA) is 58.2 Å². The molecule has 0 bridgehead atoms. The lowest BCUT2D eigenvalue weighted by molar-refractivity contribution is 0.575. The number of nitrogens with one attached hydrogen (secondary N) is 2. The lowest BCUT2D eigenvalue weighted by Gasteiger charge is -2.08. The predicted octanol–water partition coefficient (Wildman–Crippen LogP) is 2.02. The van der Waals surface area contributed by atoms with Crippen LogP contribution in [-0.2, 0) is 16.6 Å². The number of hydrogen-bond acceptors (Lipinski definition) is 3. The van der Waals surface area contributed by atoms with Crippen LogP contribution in [0.25, 0.3) is 0 Å². The average molecular weight is 294 g/mol.